The van der Waals surface area contributed by atoms with E-state index in [1.165, 1.54) is 0 Å². The first-order chi connectivity index (χ1) is 12.8. The van der Waals surface area contributed by atoms with Crippen molar-refractivity contribution in [1.82, 2.24) is 10.2 Å². The van der Waals surface area contributed by atoms with Crippen molar-refractivity contribution in [2.75, 3.05) is 19.7 Å². The Kier molecular flexibility index (Phi) is 5.65. The molecule has 1 N–H and O–H groups in total. The molecule has 2 heterocycles. The number of rotatable bonds is 5. The Labute approximate surface area is 160 Å². The molecule has 27 heavy (non-hydrogen) atoms. The van der Waals surface area contributed by atoms with Gasteiger partial charge in [-0.05, 0) is 30.4 Å². The Bertz CT molecular complexity index is 703. The van der Waals surface area contributed by atoms with Crippen molar-refractivity contribution in [1.29, 1.82) is 0 Å². The number of ether oxygens (including phenoxy) is 1. The van der Waals surface area contributed by atoms with E-state index in [0.717, 1.165) is 24.3 Å². The molecule has 1 saturated heterocycles. The van der Waals surface area contributed by atoms with Crippen LogP contribution in [0.15, 0.2) is 24.3 Å². The minimum atomic E-state index is -0.322. The summed E-state index contributed by atoms with van der Waals surface area (Å²) < 4.78 is 5.94. The van der Waals surface area contributed by atoms with E-state index in [1.54, 1.807) is 24.3 Å². The quantitative estimate of drug-likeness (QED) is 0.806. The third-order valence-corrected chi connectivity index (χ3v) is 5.30. The van der Waals surface area contributed by atoms with Crippen LogP contribution in [0.1, 0.15) is 60.7 Å². The summed E-state index contributed by atoms with van der Waals surface area (Å²) in [4.78, 5) is 38.1. The van der Waals surface area contributed by atoms with Crippen molar-refractivity contribution in [2.24, 2.45) is 11.3 Å². The first-order valence-corrected chi connectivity index (χ1v) is 9.62. The number of nitrogens with one attached hydrogen (secondary N) is 1. The average Bonchev–Trinajstić information content (AvgIpc) is 2.89. The lowest BCUT2D eigenvalue weighted by molar-refractivity contribution is -0.123. The second kappa shape index (κ2) is 7.80. The molecular formula is C21H28N2O4. The average molecular weight is 372 g/mol. The van der Waals surface area contributed by atoms with Gasteiger partial charge in [-0.15, -0.1) is 0 Å². The van der Waals surface area contributed by atoms with E-state index < -0.39 is 0 Å². The van der Waals surface area contributed by atoms with E-state index in [0.29, 0.717) is 17.7 Å². The number of benzene rings is 1. The van der Waals surface area contributed by atoms with E-state index in [9.17, 15) is 14.4 Å². The van der Waals surface area contributed by atoms with Gasteiger partial charge in [-0.2, -0.15) is 0 Å². The molecule has 3 rings (SSSR count). The summed E-state index contributed by atoms with van der Waals surface area (Å²) in [6, 6.07) is 6.76. The topological polar surface area (TPSA) is 75.7 Å². The van der Waals surface area contributed by atoms with Crippen molar-refractivity contribution >= 4 is 17.7 Å². The Morgan fingerprint density at radius 1 is 1.19 bits per heavy atom. The highest BCUT2D eigenvalue weighted by atomic mass is 16.5. The fourth-order valence-corrected chi connectivity index (χ4v) is 4.00. The molecule has 0 radical (unpaired) electrons. The number of carbonyl (C=O) groups is 3. The highest BCUT2D eigenvalue weighted by molar-refractivity contribution is 6.21. The Balaban J connectivity index is 1.51. The number of nitrogens with zero attached hydrogens (tertiary/aromatic N) is 1. The second-order valence-corrected chi connectivity index (χ2v) is 8.42. The van der Waals surface area contributed by atoms with Crippen molar-refractivity contribution in [2.45, 2.75) is 46.1 Å². The van der Waals surface area contributed by atoms with Crippen LogP contribution in [0, 0.1) is 11.3 Å². The third kappa shape index (κ3) is 4.21. The lowest BCUT2D eigenvalue weighted by Gasteiger charge is -2.40. The predicted octanol–water partition coefficient (Wildman–Crippen LogP) is 2.63. The van der Waals surface area contributed by atoms with Gasteiger partial charge < -0.3 is 10.1 Å². The van der Waals surface area contributed by atoms with Crippen LogP contribution in [0.3, 0.4) is 0 Å². The van der Waals surface area contributed by atoms with E-state index in [1.807, 2.05) is 0 Å². The van der Waals surface area contributed by atoms with Crippen molar-refractivity contribution < 1.29 is 19.1 Å². The second-order valence-electron chi connectivity index (χ2n) is 8.42. The van der Waals surface area contributed by atoms with E-state index >= 15 is 0 Å². The van der Waals surface area contributed by atoms with E-state index in [2.05, 4.69) is 26.1 Å². The minimum absolute atomic E-state index is 0.0238. The standard InChI is InChI=1S/C21H28N2O4/c1-21(2,3)18-14(7-6-12-27-18)13-22-17(24)10-11-23-19(25)15-8-4-5-9-16(15)20(23)26/h4-5,8-9,14,18H,6-7,10-13H2,1-3H3,(H,22,24). The zero-order chi connectivity index (χ0) is 19.6. The fourth-order valence-electron chi connectivity index (χ4n) is 4.00. The normalized spacial score (nSPS) is 22.7. The van der Waals surface area contributed by atoms with Crippen LogP contribution >= 0.6 is 0 Å². The maximum atomic E-state index is 12.3. The molecule has 0 bridgehead atoms. The van der Waals surface area contributed by atoms with Crippen molar-refractivity contribution in [3.05, 3.63) is 35.4 Å². The highest BCUT2D eigenvalue weighted by Crippen LogP contribution is 2.33. The summed E-state index contributed by atoms with van der Waals surface area (Å²) in [6.07, 6.45) is 2.25. The van der Waals surface area contributed by atoms with Gasteiger partial charge in [-0.3, -0.25) is 19.3 Å². The molecule has 0 aromatic heterocycles. The first kappa shape index (κ1) is 19.5. The molecule has 146 valence electrons. The van der Waals surface area contributed by atoms with Gasteiger partial charge in [0.15, 0.2) is 0 Å². The summed E-state index contributed by atoms with van der Waals surface area (Å²) in [6.45, 7) is 7.89. The summed E-state index contributed by atoms with van der Waals surface area (Å²) in [5.41, 5.74) is 0.848. The summed E-state index contributed by atoms with van der Waals surface area (Å²) in [5, 5.41) is 2.96. The fraction of sp³-hybridized carbons (Fsp3) is 0.571. The van der Waals surface area contributed by atoms with Crippen molar-refractivity contribution in [3.63, 3.8) is 0 Å². The molecule has 0 aliphatic carbocycles. The monoisotopic (exact) mass is 372 g/mol. The number of hydrogen-bond acceptors (Lipinski definition) is 4. The molecule has 1 fully saturated rings. The number of carbonyl (C=O) groups excluding carboxylic acids is 3. The predicted molar refractivity (Wildman–Crippen MR) is 101 cm³/mol. The molecule has 0 spiro atoms. The van der Waals surface area contributed by atoms with Gasteiger partial charge in [0, 0.05) is 32.0 Å². The van der Waals surface area contributed by atoms with Gasteiger partial charge in [0.05, 0.1) is 17.2 Å². The Hall–Kier alpha value is -2.21. The molecular weight excluding hydrogens is 344 g/mol. The van der Waals surface area contributed by atoms with Crippen LogP contribution in [0.5, 0.6) is 0 Å². The molecule has 2 atom stereocenters. The van der Waals surface area contributed by atoms with Gasteiger partial charge in [0.2, 0.25) is 5.91 Å². The zero-order valence-corrected chi connectivity index (χ0v) is 16.3. The van der Waals surface area contributed by atoms with E-state index in [-0.39, 0.29) is 48.1 Å². The molecule has 2 aliphatic heterocycles. The molecule has 0 saturated carbocycles. The first-order valence-electron chi connectivity index (χ1n) is 9.62. The number of fused-ring (bicyclic) bond motifs is 1. The lowest BCUT2D eigenvalue weighted by atomic mass is 9.78. The number of amides is 3. The molecule has 1 aromatic carbocycles. The zero-order valence-electron chi connectivity index (χ0n) is 16.3. The van der Waals surface area contributed by atoms with Crippen molar-refractivity contribution in [3.8, 4) is 0 Å². The largest absolute Gasteiger partial charge is 0.377 e. The minimum Gasteiger partial charge on any atom is -0.377 e. The van der Waals surface area contributed by atoms with Crippen LogP contribution in [0.25, 0.3) is 0 Å². The maximum Gasteiger partial charge on any atom is 0.261 e. The molecule has 1 aromatic rings. The highest BCUT2D eigenvalue weighted by Gasteiger charge is 2.36. The molecule has 3 amide bonds. The van der Waals surface area contributed by atoms with Crippen LogP contribution in [0.4, 0.5) is 0 Å². The Morgan fingerprint density at radius 3 is 2.41 bits per heavy atom. The van der Waals surface area contributed by atoms with E-state index in [4.69, 9.17) is 4.74 Å². The molecule has 2 aliphatic rings. The number of hydrogen-bond donors (Lipinski definition) is 1. The lowest BCUT2D eigenvalue weighted by Crippen LogP contribution is -2.45. The van der Waals surface area contributed by atoms with Crippen LogP contribution < -0.4 is 5.32 Å². The van der Waals surface area contributed by atoms with Crippen LogP contribution in [0.2, 0.25) is 0 Å². The summed E-state index contributed by atoms with van der Waals surface area (Å²) in [5.74, 6) is -0.513. The van der Waals surface area contributed by atoms with Gasteiger partial charge in [-0.1, -0.05) is 32.9 Å². The van der Waals surface area contributed by atoms with Gasteiger partial charge in [0.25, 0.3) is 11.8 Å². The third-order valence-electron chi connectivity index (χ3n) is 5.30. The maximum absolute atomic E-state index is 12.3. The molecule has 6 heteroatoms. The Morgan fingerprint density at radius 2 is 1.81 bits per heavy atom. The van der Waals surface area contributed by atoms with Gasteiger partial charge >= 0.3 is 0 Å². The SMILES string of the molecule is CC(C)(C)C1OCCCC1CNC(=O)CCN1C(=O)c2ccccc2C1=O. The summed E-state index contributed by atoms with van der Waals surface area (Å²) >= 11 is 0. The smallest absolute Gasteiger partial charge is 0.261 e. The molecule has 6 nitrogen and oxygen atoms in total. The van der Waals surface area contributed by atoms with Crippen LogP contribution in [-0.4, -0.2) is 48.4 Å². The van der Waals surface area contributed by atoms with Crippen LogP contribution in [-0.2, 0) is 9.53 Å². The number of imide groups is 1. The molecule has 2 unspecified atom stereocenters. The van der Waals surface area contributed by atoms with Gasteiger partial charge in [-0.25, -0.2) is 0 Å². The van der Waals surface area contributed by atoms with Gasteiger partial charge in [0.1, 0.15) is 0 Å². The summed E-state index contributed by atoms with van der Waals surface area (Å²) in [7, 11) is 0.